The summed E-state index contributed by atoms with van der Waals surface area (Å²) in [5, 5.41) is 2.82. The first-order valence-corrected chi connectivity index (χ1v) is 7.40. The van der Waals surface area contributed by atoms with Gasteiger partial charge in [0.15, 0.2) is 5.78 Å². The second-order valence-electron chi connectivity index (χ2n) is 5.53. The highest BCUT2D eigenvalue weighted by Crippen LogP contribution is 2.14. The molecule has 0 radical (unpaired) electrons. The van der Waals surface area contributed by atoms with Crippen LogP contribution in [0.25, 0.3) is 0 Å². The fourth-order valence-electron chi connectivity index (χ4n) is 2.21. The topological polar surface area (TPSA) is 59.3 Å². The summed E-state index contributed by atoms with van der Waals surface area (Å²) in [6.45, 7) is 5.83. The lowest BCUT2D eigenvalue weighted by atomic mass is 10.0. The molecule has 2 rings (SSSR count). The van der Waals surface area contributed by atoms with E-state index in [1.54, 1.807) is 12.3 Å². The first kappa shape index (κ1) is 16.0. The summed E-state index contributed by atoms with van der Waals surface area (Å²) in [6.07, 6.45) is 1.96. The summed E-state index contributed by atoms with van der Waals surface area (Å²) in [4.78, 5) is 24.0. The molecule has 1 atom stereocenters. The lowest BCUT2D eigenvalue weighted by molar-refractivity contribution is -0.121. The molecule has 2 aromatic rings. The van der Waals surface area contributed by atoms with Gasteiger partial charge in [-0.2, -0.15) is 0 Å². The van der Waals surface area contributed by atoms with E-state index >= 15 is 0 Å². The van der Waals surface area contributed by atoms with Gasteiger partial charge in [0.2, 0.25) is 5.91 Å². The summed E-state index contributed by atoms with van der Waals surface area (Å²) in [5.74, 6) is 0.541. The molecule has 0 aliphatic heterocycles. The van der Waals surface area contributed by atoms with E-state index in [0.29, 0.717) is 11.3 Å². The van der Waals surface area contributed by atoms with Gasteiger partial charge in [0, 0.05) is 18.4 Å². The van der Waals surface area contributed by atoms with Crippen molar-refractivity contribution in [2.24, 2.45) is 0 Å². The molecule has 1 amide bonds. The molecule has 0 saturated heterocycles. The Morgan fingerprint density at radius 3 is 2.55 bits per heavy atom. The van der Waals surface area contributed by atoms with Gasteiger partial charge in [-0.1, -0.05) is 12.1 Å². The Labute approximate surface area is 130 Å². The van der Waals surface area contributed by atoms with Crippen molar-refractivity contribution in [1.82, 2.24) is 5.32 Å². The van der Waals surface area contributed by atoms with Gasteiger partial charge in [-0.3, -0.25) is 9.59 Å². The van der Waals surface area contributed by atoms with Gasteiger partial charge in [-0.05, 0) is 50.1 Å². The summed E-state index contributed by atoms with van der Waals surface area (Å²) in [6, 6.07) is 9.02. The Hall–Kier alpha value is -2.36. The predicted molar refractivity (Wildman–Crippen MR) is 84.7 cm³/mol. The molecule has 0 bridgehead atoms. The molecule has 1 unspecified atom stereocenters. The molecule has 4 heteroatoms. The molecule has 0 fully saturated rings. The molecule has 0 aliphatic carbocycles. The normalized spacial score (nSPS) is 12.0. The average Bonchev–Trinajstić information content (AvgIpc) is 3.02. The number of Topliss-reactive ketones (excluding diaryl/α,β-unsaturated/α-hetero) is 1. The van der Waals surface area contributed by atoms with Crippen molar-refractivity contribution < 1.29 is 14.0 Å². The highest BCUT2D eigenvalue weighted by Gasteiger charge is 2.14. The third-order valence-electron chi connectivity index (χ3n) is 3.76. The highest BCUT2D eigenvalue weighted by molar-refractivity contribution is 5.98. The quantitative estimate of drug-likeness (QED) is 0.827. The number of ketones is 1. The van der Waals surface area contributed by atoms with E-state index in [9.17, 15) is 9.59 Å². The van der Waals surface area contributed by atoms with Crippen molar-refractivity contribution in [3.05, 3.63) is 59.0 Å². The Morgan fingerprint density at radius 1 is 1.14 bits per heavy atom. The summed E-state index contributed by atoms with van der Waals surface area (Å²) >= 11 is 0. The van der Waals surface area contributed by atoms with E-state index in [0.717, 1.165) is 11.1 Å². The Balaban J connectivity index is 1.85. The number of amides is 1. The minimum absolute atomic E-state index is 0.0103. The van der Waals surface area contributed by atoms with Gasteiger partial charge in [0.1, 0.15) is 5.76 Å². The first-order valence-electron chi connectivity index (χ1n) is 7.40. The van der Waals surface area contributed by atoms with Gasteiger partial charge >= 0.3 is 0 Å². The van der Waals surface area contributed by atoms with Gasteiger partial charge in [-0.15, -0.1) is 0 Å². The number of aryl methyl sites for hydroxylation is 2. The monoisotopic (exact) mass is 299 g/mol. The van der Waals surface area contributed by atoms with Crippen LogP contribution in [0.4, 0.5) is 0 Å². The number of hydrogen-bond donors (Lipinski definition) is 1. The van der Waals surface area contributed by atoms with Crippen LogP contribution in [-0.2, 0) is 4.79 Å². The lowest BCUT2D eigenvalue weighted by Crippen LogP contribution is -2.26. The van der Waals surface area contributed by atoms with E-state index < -0.39 is 0 Å². The van der Waals surface area contributed by atoms with Crippen LogP contribution >= 0.6 is 0 Å². The van der Waals surface area contributed by atoms with Crippen LogP contribution in [0, 0.1) is 13.8 Å². The third-order valence-corrected chi connectivity index (χ3v) is 3.76. The van der Waals surface area contributed by atoms with Crippen molar-refractivity contribution >= 4 is 11.7 Å². The maximum absolute atomic E-state index is 12.1. The Kier molecular flexibility index (Phi) is 5.15. The van der Waals surface area contributed by atoms with Gasteiger partial charge in [0.25, 0.3) is 0 Å². The fraction of sp³-hybridized carbons (Fsp3) is 0.333. The van der Waals surface area contributed by atoms with Crippen LogP contribution in [0.15, 0.2) is 41.0 Å². The molecular formula is C18H21NO3. The molecule has 1 N–H and O–H groups in total. The van der Waals surface area contributed by atoms with E-state index in [1.165, 1.54) is 0 Å². The SMILES string of the molecule is Cc1ccc(C(=O)CCC(=O)NC(C)c2ccco2)cc1C. The zero-order chi connectivity index (χ0) is 16.1. The predicted octanol–water partition coefficient (Wildman–Crippen LogP) is 3.74. The maximum atomic E-state index is 12.1. The minimum Gasteiger partial charge on any atom is -0.467 e. The number of carbonyl (C=O) groups excluding carboxylic acids is 2. The van der Waals surface area contributed by atoms with E-state index in [1.807, 2.05) is 45.0 Å². The second kappa shape index (κ2) is 7.07. The number of rotatable bonds is 6. The smallest absolute Gasteiger partial charge is 0.221 e. The Morgan fingerprint density at radius 2 is 1.91 bits per heavy atom. The summed E-state index contributed by atoms with van der Waals surface area (Å²) in [5.41, 5.74) is 2.90. The first-order chi connectivity index (χ1) is 10.5. The maximum Gasteiger partial charge on any atom is 0.221 e. The zero-order valence-electron chi connectivity index (χ0n) is 13.2. The van der Waals surface area contributed by atoms with E-state index in [4.69, 9.17) is 4.42 Å². The number of benzene rings is 1. The van der Waals surface area contributed by atoms with Gasteiger partial charge < -0.3 is 9.73 Å². The molecular weight excluding hydrogens is 278 g/mol. The third kappa shape index (κ3) is 4.07. The lowest BCUT2D eigenvalue weighted by Gasteiger charge is -2.11. The molecule has 22 heavy (non-hydrogen) atoms. The molecule has 116 valence electrons. The number of carbonyl (C=O) groups is 2. The van der Waals surface area contributed by atoms with Crippen molar-refractivity contribution in [2.75, 3.05) is 0 Å². The van der Waals surface area contributed by atoms with Gasteiger partial charge in [-0.25, -0.2) is 0 Å². The molecule has 1 heterocycles. The van der Waals surface area contributed by atoms with Crippen LogP contribution in [0.2, 0.25) is 0 Å². The average molecular weight is 299 g/mol. The van der Waals surface area contributed by atoms with Crippen molar-refractivity contribution in [3.63, 3.8) is 0 Å². The molecule has 0 aliphatic rings. The van der Waals surface area contributed by atoms with Crippen molar-refractivity contribution in [2.45, 2.75) is 39.7 Å². The second-order valence-corrected chi connectivity index (χ2v) is 5.53. The minimum atomic E-state index is -0.195. The van der Waals surface area contributed by atoms with Crippen LogP contribution in [0.3, 0.4) is 0 Å². The van der Waals surface area contributed by atoms with E-state index in [2.05, 4.69) is 5.32 Å². The van der Waals surface area contributed by atoms with Crippen LogP contribution in [0.1, 0.15) is 53.1 Å². The van der Waals surface area contributed by atoms with Crippen LogP contribution in [0.5, 0.6) is 0 Å². The Bertz CT molecular complexity index is 659. The summed E-state index contributed by atoms with van der Waals surface area (Å²) < 4.78 is 5.23. The zero-order valence-corrected chi connectivity index (χ0v) is 13.2. The van der Waals surface area contributed by atoms with Crippen LogP contribution < -0.4 is 5.32 Å². The summed E-state index contributed by atoms with van der Waals surface area (Å²) in [7, 11) is 0. The largest absolute Gasteiger partial charge is 0.467 e. The number of furan rings is 1. The molecule has 0 saturated carbocycles. The van der Waals surface area contributed by atoms with E-state index in [-0.39, 0.29) is 30.6 Å². The molecule has 1 aromatic carbocycles. The standard InChI is InChI=1S/C18H21NO3/c1-12-6-7-15(11-13(12)2)16(20)8-9-18(21)19-14(3)17-5-4-10-22-17/h4-7,10-11,14H,8-9H2,1-3H3,(H,19,21). The molecule has 0 spiro atoms. The van der Waals surface area contributed by atoms with Gasteiger partial charge in [0.05, 0.1) is 12.3 Å². The number of nitrogens with one attached hydrogen (secondary N) is 1. The molecule has 1 aromatic heterocycles. The van der Waals surface area contributed by atoms with Crippen molar-refractivity contribution in [1.29, 1.82) is 0 Å². The highest BCUT2D eigenvalue weighted by atomic mass is 16.3. The van der Waals surface area contributed by atoms with Crippen LogP contribution in [-0.4, -0.2) is 11.7 Å². The number of hydrogen-bond acceptors (Lipinski definition) is 3. The fourth-order valence-corrected chi connectivity index (χ4v) is 2.21. The van der Waals surface area contributed by atoms with Crippen molar-refractivity contribution in [3.8, 4) is 0 Å². The molecule has 4 nitrogen and oxygen atoms in total.